The first kappa shape index (κ1) is 30.6. The molecule has 2 aromatic carbocycles. The molecule has 42 heavy (non-hydrogen) atoms. The molecule has 12 heteroatoms. The molecule has 1 aliphatic rings. The number of hydrogen-bond donors (Lipinski definition) is 2. The number of esters is 1. The Balaban J connectivity index is 1.63. The molecule has 0 radical (unpaired) electrons. The van der Waals surface area contributed by atoms with Crippen molar-refractivity contribution >= 4 is 28.4 Å². The lowest BCUT2D eigenvalue weighted by Crippen LogP contribution is -2.51. The quantitative estimate of drug-likeness (QED) is 0.340. The highest BCUT2D eigenvalue weighted by Crippen LogP contribution is 2.40. The van der Waals surface area contributed by atoms with Gasteiger partial charge >= 0.3 is 28.4 Å². The number of aromatic nitrogens is 1. The topological polar surface area (TPSA) is 144 Å². The van der Waals surface area contributed by atoms with E-state index >= 15 is 0 Å². The Morgan fingerprint density at radius 2 is 1.50 bits per heavy atom. The van der Waals surface area contributed by atoms with Crippen LogP contribution in [0.25, 0.3) is 0 Å². The van der Waals surface area contributed by atoms with Gasteiger partial charge in [0.05, 0.1) is 0 Å². The number of ether oxygens (including phenoxy) is 2. The van der Waals surface area contributed by atoms with Crippen LogP contribution in [0.1, 0.15) is 66.7 Å². The monoisotopic (exact) mass is 597 g/mol. The van der Waals surface area contributed by atoms with Crippen molar-refractivity contribution in [2.75, 3.05) is 6.54 Å². The Kier molecular flexibility index (Phi) is 9.25. The van der Waals surface area contributed by atoms with Crippen molar-refractivity contribution in [1.29, 1.82) is 0 Å². The third-order valence-electron chi connectivity index (χ3n) is 7.26. The maximum absolute atomic E-state index is 13.5. The van der Waals surface area contributed by atoms with Crippen molar-refractivity contribution in [2.45, 2.75) is 58.8 Å². The number of carbonyl (C=O) groups is 3. The maximum Gasteiger partial charge on any atom is 0.422 e. The summed E-state index contributed by atoms with van der Waals surface area (Å²) < 4.78 is 39.9. The third-order valence-corrected chi connectivity index (χ3v) is 8.51. The van der Waals surface area contributed by atoms with Crippen LogP contribution in [0.3, 0.4) is 0 Å². The van der Waals surface area contributed by atoms with E-state index in [-0.39, 0.29) is 37.4 Å². The molecule has 4 rings (SSSR count). The molecule has 224 valence electrons. The van der Waals surface area contributed by atoms with Crippen LogP contribution in [0.2, 0.25) is 0 Å². The zero-order valence-electron chi connectivity index (χ0n) is 23.7. The van der Waals surface area contributed by atoms with Gasteiger partial charge in [0, 0.05) is 18.8 Å². The second-order valence-corrected chi connectivity index (χ2v) is 12.8. The Bertz CT molecular complexity index is 1510. The summed E-state index contributed by atoms with van der Waals surface area (Å²) in [5.74, 6) is -1.24. The van der Waals surface area contributed by atoms with Crippen molar-refractivity contribution < 1.29 is 37.4 Å². The van der Waals surface area contributed by atoms with E-state index in [1.807, 2.05) is 31.6 Å². The number of carbonyl (C=O) groups excluding carboxylic acids is 2. The van der Waals surface area contributed by atoms with Crippen LogP contribution in [-0.2, 0) is 32.9 Å². The number of carboxylic acid groups (broad SMARTS) is 1. The first-order valence-corrected chi connectivity index (χ1v) is 15.0. The molecule has 0 bridgehead atoms. The minimum atomic E-state index is -4.62. The Morgan fingerprint density at radius 1 is 0.929 bits per heavy atom. The lowest BCUT2D eigenvalue weighted by atomic mass is 9.75. The lowest BCUT2D eigenvalue weighted by Gasteiger charge is -2.44. The zero-order valence-corrected chi connectivity index (χ0v) is 24.5. The molecule has 2 amide bonds. The average molecular weight is 598 g/mol. The Labute approximate surface area is 245 Å². The first-order chi connectivity index (χ1) is 19.9. The second kappa shape index (κ2) is 12.7. The van der Waals surface area contributed by atoms with Gasteiger partial charge in [-0.05, 0) is 46.9 Å². The van der Waals surface area contributed by atoms with E-state index in [0.29, 0.717) is 33.5 Å². The predicted octanol–water partition coefficient (Wildman–Crippen LogP) is 5.14. The highest BCUT2D eigenvalue weighted by atomic mass is 32.2. The fraction of sp³-hybridized carbons (Fsp3) is 0.367. The van der Waals surface area contributed by atoms with Gasteiger partial charge in [-0.3, -0.25) is 0 Å². The summed E-state index contributed by atoms with van der Waals surface area (Å²) in [4.78, 5) is 39.3. The number of rotatable bonds is 8. The number of nitrogens with one attached hydrogen (secondary N) is 1. The summed E-state index contributed by atoms with van der Waals surface area (Å²) in [6.07, 6.45) is -0.314. The standard InChI is InChI=1S/C30H35N3O8S/c1-30(2,3)25-18-23(14-16-32(25)29(36)37)24-15-17-33(26(24)27(34)40-19-21-10-6-4-7-11-21)42(38,39)31-28(35)41-20-22-12-8-5-9-13-22/h4-13,15,17,23,25H,14,16,18-20H2,1-3H3,(H,31,35)(H,36,37). The fourth-order valence-electron chi connectivity index (χ4n) is 5.16. The van der Waals surface area contributed by atoms with Crippen molar-refractivity contribution in [3.05, 3.63) is 95.3 Å². The summed E-state index contributed by atoms with van der Waals surface area (Å²) >= 11 is 0. The SMILES string of the molecule is CC(C)(C)C1CC(c2ccn(S(=O)(=O)NC(=O)OCc3ccccc3)c2C(=O)OCc2ccccc2)CCN1C(=O)O. The van der Waals surface area contributed by atoms with Gasteiger partial charge in [0.25, 0.3) is 0 Å². The van der Waals surface area contributed by atoms with Crippen LogP contribution in [-0.4, -0.2) is 53.1 Å². The summed E-state index contributed by atoms with van der Waals surface area (Å²) in [7, 11) is -4.62. The fourth-order valence-corrected chi connectivity index (χ4v) is 6.17. The summed E-state index contributed by atoms with van der Waals surface area (Å²) in [5, 5.41) is 9.78. The molecule has 2 atom stereocenters. The normalized spacial score (nSPS) is 17.4. The second-order valence-electron chi connectivity index (χ2n) is 11.2. The number of hydrogen-bond acceptors (Lipinski definition) is 7. The third kappa shape index (κ3) is 7.30. The van der Waals surface area contributed by atoms with E-state index in [0.717, 1.165) is 0 Å². The number of benzene rings is 2. The first-order valence-electron chi connectivity index (χ1n) is 13.5. The molecule has 2 heterocycles. The molecule has 2 N–H and O–H groups in total. The Hall–Kier alpha value is -4.32. The van der Waals surface area contributed by atoms with Crippen LogP contribution in [0.15, 0.2) is 72.9 Å². The van der Waals surface area contributed by atoms with Gasteiger partial charge in [-0.2, -0.15) is 8.42 Å². The molecule has 3 aromatic rings. The van der Waals surface area contributed by atoms with Crippen molar-refractivity contribution in [3.63, 3.8) is 0 Å². The van der Waals surface area contributed by atoms with E-state index < -0.39 is 33.8 Å². The molecule has 0 spiro atoms. The molecular weight excluding hydrogens is 562 g/mol. The van der Waals surface area contributed by atoms with Gasteiger partial charge in [0.2, 0.25) is 0 Å². The minimum absolute atomic E-state index is 0.0983. The van der Waals surface area contributed by atoms with Crippen LogP contribution in [0.4, 0.5) is 9.59 Å². The van der Waals surface area contributed by atoms with Crippen molar-refractivity contribution in [1.82, 2.24) is 13.6 Å². The molecule has 1 aliphatic heterocycles. The predicted molar refractivity (Wildman–Crippen MR) is 154 cm³/mol. The van der Waals surface area contributed by atoms with Gasteiger partial charge in [-0.25, -0.2) is 23.1 Å². The van der Waals surface area contributed by atoms with Crippen LogP contribution in [0, 0.1) is 5.41 Å². The minimum Gasteiger partial charge on any atom is -0.465 e. The van der Waals surface area contributed by atoms with Crippen molar-refractivity contribution in [3.8, 4) is 0 Å². The van der Waals surface area contributed by atoms with Crippen LogP contribution in [0.5, 0.6) is 0 Å². The largest absolute Gasteiger partial charge is 0.465 e. The number of nitrogens with zero attached hydrogens (tertiary/aromatic N) is 2. The van der Waals surface area contributed by atoms with Gasteiger partial charge in [0.15, 0.2) is 0 Å². The molecule has 2 unspecified atom stereocenters. The number of likely N-dealkylation sites (tertiary alicyclic amines) is 1. The van der Waals surface area contributed by atoms with E-state index in [9.17, 15) is 27.9 Å². The zero-order chi connectivity index (χ0) is 30.5. The molecule has 11 nitrogen and oxygen atoms in total. The van der Waals surface area contributed by atoms with E-state index in [1.165, 1.54) is 17.2 Å². The van der Waals surface area contributed by atoms with E-state index in [4.69, 9.17) is 9.47 Å². The Morgan fingerprint density at radius 3 is 2.05 bits per heavy atom. The summed E-state index contributed by atoms with van der Waals surface area (Å²) in [6, 6.07) is 18.8. The highest BCUT2D eigenvalue weighted by Gasteiger charge is 2.41. The smallest absolute Gasteiger partial charge is 0.422 e. The molecular formula is C30H35N3O8S. The van der Waals surface area contributed by atoms with Gasteiger partial charge in [0.1, 0.15) is 18.9 Å². The lowest BCUT2D eigenvalue weighted by molar-refractivity contribution is 0.0445. The molecule has 0 aliphatic carbocycles. The van der Waals surface area contributed by atoms with Crippen molar-refractivity contribution in [2.24, 2.45) is 5.41 Å². The molecule has 0 saturated carbocycles. The van der Waals surface area contributed by atoms with E-state index in [2.05, 4.69) is 0 Å². The van der Waals surface area contributed by atoms with Crippen LogP contribution < -0.4 is 4.72 Å². The van der Waals surface area contributed by atoms with E-state index in [1.54, 1.807) is 54.6 Å². The maximum atomic E-state index is 13.5. The molecule has 1 fully saturated rings. The summed E-state index contributed by atoms with van der Waals surface area (Å²) in [5.41, 5.74) is 1.10. The number of piperidine rings is 1. The molecule has 1 saturated heterocycles. The highest BCUT2D eigenvalue weighted by molar-refractivity contribution is 7.88. The van der Waals surface area contributed by atoms with Gasteiger partial charge in [-0.1, -0.05) is 81.4 Å². The summed E-state index contributed by atoms with van der Waals surface area (Å²) in [6.45, 7) is 5.77. The van der Waals surface area contributed by atoms with Gasteiger partial charge in [-0.15, -0.1) is 0 Å². The average Bonchev–Trinajstić information content (AvgIpc) is 3.41. The van der Waals surface area contributed by atoms with Crippen LogP contribution >= 0.6 is 0 Å². The molecule has 1 aromatic heterocycles. The van der Waals surface area contributed by atoms with Gasteiger partial charge < -0.3 is 19.5 Å². The number of amides is 2.